The summed E-state index contributed by atoms with van der Waals surface area (Å²) in [7, 11) is 0. The Labute approximate surface area is 106 Å². The van der Waals surface area contributed by atoms with Crippen LogP contribution in [-0.2, 0) is 4.74 Å². The number of hydrogen-bond donors (Lipinski definition) is 0. The number of hydrogen-bond acceptors (Lipinski definition) is 2. The fourth-order valence-electron chi connectivity index (χ4n) is 3.05. The van der Waals surface area contributed by atoms with Gasteiger partial charge in [-0.3, -0.25) is 4.79 Å². The molecule has 3 rings (SSSR count). The summed E-state index contributed by atoms with van der Waals surface area (Å²) in [5.41, 5.74) is 1.09. The Kier molecular flexibility index (Phi) is 2.94. The average Bonchev–Trinajstić information content (AvgIpc) is 2.71. The molecular weight excluding hydrogens is 231 g/mol. The van der Waals surface area contributed by atoms with Crippen molar-refractivity contribution in [3.63, 3.8) is 0 Å². The highest BCUT2D eigenvalue weighted by Crippen LogP contribution is 2.37. The van der Waals surface area contributed by atoms with Gasteiger partial charge in [0.2, 0.25) is 0 Å². The highest BCUT2D eigenvalue weighted by molar-refractivity contribution is 5.98. The number of aryl methyl sites for hydroxylation is 1. The summed E-state index contributed by atoms with van der Waals surface area (Å²) in [4.78, 5) is 12.4. The van der Waals surface area contributed by atoms with Crippen LogP contribution < -0.4 is 0 Å². The molecule has 1 aromatic rings. The molecule has 3 heteroatoms. The third-order valence-electron chi connectivity index (χ3n) is 4.12. The molecule has 0 spiro atoms. The van der Waals surface area contributed by atoms with E-state index in [4.69, 9.17) is 4.74 Å². The predicted octanol–water partition coefficient (Wildman–Crippen LogP) is 3.27. The van der Waals surface area contributed by atoms with Gasteiger partial charge in [-0.05, 0) is 44.2 Å². The van der Waals surface area contributed by atoms with Crippen molar-refractivity contribution >= 4 is 5.78 Å². The van der Waals surface area contributed by atoms with E-state index in [0.717, 1.165) is 25.7 Å². The van der Waals surface area contributed by atoms with Crippen LogP contribution in [-0.4, -0.2) is 18.0 Å². The van der Waals surface area contributed by atoms with E-state index < -0.39 is 0 Å². The van der Waals surface area contributed by atoms with Crippen LogP contribution in [0.25, 0.3) is 0 Å². The lowest BCUT2D eigenvalue weighted by Gasteiger charge is -2.27. The lowest BCUT2D eigenvalue weighted by molar-refractivity contribution is -0.0149. The van der Waals surface area contributed by atoms with Gasteiger partial charge in [0.05, 0.1) is 12.2 Å². The zero-order valence-electron chi connectivity index (χ0n) is 10.5. The molecule has 2 atom stereocenters. The number of halogens is 1. The van der Waals surface area contributed by atoms with Crippen molar-refractivity contribution < 1.29 is 13.9 Å². The van der Waals surface area contributed by atoms with Crippen LogP contribution in [0.15, 0.2) is 18.2 Å². The van der Waals surface area contributed by atoms with Crippen molar-refractivity contribution in [3.8, 4) is 0 Å². The Morgan fingerprint density at radius 2 is 1.94 bits per heavy atom. The second-order valence-electron chi connectivity index (χ2n) is 5.45. The molecule has 0 aliphatic carbocycles. The van der Waals surface area contributed by atoms with E-state index in [1.807, 2.05) is 0 Å². The fraction of sp³-hybridized carbons (Fsp3) is 0.533. The Balaban J connectivity index is 1.79. The van der Waals surface area contributed by atoms with Gasteiger partial charge in [0.25, 0.3) is 0 Å². The summed E-state index contributed by atoms with van der Waals surface area (Å²) in [6, 6.07) is 4.78. The molecule has 2 aliphatic heterocycles. The van der Waals surface area contributed by atoms with E-state index in [1.54, 1.807) is 19.1 Å². The van der Waals surface area contributed by atoms with Gasteiger partial charge in [0.15, 0.2) is 5.78 Å². The van der Waals surface area contributed by atoms with Crippen LogP contribution in [0.1, 0.15) is 41.6 Å². The standard InChI is InChI=1S/C15H17FO2/c1-9-2-3-10(8-14(9)16)15(17)11-6-12-4-5-13(7-11)18-12/h2-3,8,11-13H,4-7H2,1H3. The molecule has 0 aromatic heterocycles. The molecule has 18 heavy (non-hydrogen) atoms. The molecule has 2 bridgehead atoms. The number of carbonyl (C=O) groups is 1. The van der Waals surface area contributed by atoms with E-state index >= 15 is 0 Å². The first-order valence-electron chi connectivity index (χ1n) is 6.59. The molecule has 96 valence electrons. The number of ether oxygens (including phenoxy) is 1. The largest absolute Gasteiger partial charge is 0.375 e. The van der Waals surface area contributed by atoms with Crippen molar-refractivity contribution in [3.05, 3.63) is 35.1 Å². The second-order valence-corrected chi connectivity index (χ2v) is 5.45. The third-order valence-corrected chi connectivity index (χ3v) is 4.12. The van der Waals surface area contributed by atoms with Crippen molar-refractivity contribution in [2.24, 2.45) is 5.92 Å². The molecular formula is C15H17FO2. The zero-order valence-corrected chi connectivity index (χ0v) is 10.5. The van der Waals surface area contributed by atoms with Crippen molar-refractivity contribution in [2.75, 3.05) is 0 Å². The monoisotopic (exact) mass is 248 g/mol. The van der Waals surface area contributed by atoms with Crippen molar-refractivity contribution in [1.82, 2.24) is 0 Å². The zero-order chi connectivity index (χ0) is 12.7. The second kappa shape index (κ2) is 4.47. The summed E-state index contributed by atoms with van der Waals surface area (Å²) in [5, 5.41) is 0. The van der Waals surface area contributed by atoms with Crippen molar-refractivity contribution in [2.45, 2.75) is 44.8 Å². The number of ketones is 1. The number of Topliss-reactive ketones (excluding diaryl/α,β-unsaturated/α-hetero) is 1. The predicted molar refractivity (Wildman–Crippen MR) is 66.1 cm³/mol. The highest BCUT2D eigenvalue weighted by atomic mass is 19.1. The molecule has 2 unspecified atom stereocenters. The lowest BCUT2D eigenvalue weighted by Crippen LogP contribution is -2.30. The maximum absolute atomic E-state index is 13.5. The minimum absolute atomic E-state index is 0.0124. The SMILES string of the molecule is Cc1ccc(C(=O)C2CC3CCC(C2)O3)cc1F. The van der Waals surface area contributed by atoms with Crippen LogP contribution in [0.5, 0.6) is 0 Å². The number of carbonyl (C=O) groups excluding carboxylic acids is 1. The topological polar surface area (TPSA) is 26.3 Å². The van der Waals surface area contributed by atoms with Crippen molar-refractivity contribution in [1.29, 1.82) is 0 Å². The first-order chi connectivity index (χ1) is 8.63. The molecule has 0 saturated carbocycles. The molecule has 0 amide bonds. The number of rotatable bonds is 2. The summed E-state index contributed by atoms with van der Waals surface area (Å²) < 4.78 is 19.2. The van der Waals surface area contributed by atoms with Crippen LogP contribution in [0, 0.1) is 18.7 Å². The molecule has 1 aromatic carbocycles. The van der Waals surface area contributed by atoms with Gasteiger partial charge in [-0.1, -0.05) is 12.1 Å². The minimum atomic E-state index is -0.295. The van der Waals surface area contributed by atoms with Gasteiger partial charge in [-0.2, -0.15) is 0 Å². The van der Waals surface area contributed by atoms with Crippen LogP contribution >= 0.6 is 0 Å². The van der Waals surface area contributed by atoms with E-state index in [9.17, 15) is 9.18 Å². The first-order valence-corrected chi connectivity index (χ1v) is 6.59. The average molecular weight is 248 g/mol. The molecule has 2 heterocycles. The summed E-state index contributed by atoms with van der Waals surface area (Å²) in [6.07, 6.45) is 4.21. The maximum Gasteiger partial charge on any atom is 0.166 e. The van der Waals surface area contributed by atoms with E-state index in [0.29, 0.717) is 11.1 Å². The van der Waals surface area contributed by atoms with Gasteiger partial charge in [-0.15, -0.1) is 0 Å². The van der Waals surface area contributed by atoms with E-state index in [2.05, 4.69) is 0 Å². The molecule has 0 N–H and O–H groups in total. The Hall–Kier alpha value is -1.22. The normalized spacial score (nSPS) is 30.4. The number of fused-ring (bicyclic) bond motifs is 2. The lowest BCUT2D eigenvalue weighted by atomic mass is 9.88. The van der Waals surface area contributed by atoms with Gasteiger partial charge >= 0.3 is 0 Å². The molecule has 2 fully saturated rings. The van der Waals surface area contributed by atoms with Gasteiger partial charge in [0, 0.05) is 11.5 Å². The minimum Gasteiger partial charge on any atom is -0.375 e. The van der Waals surface area contributed by atoms with E-state index in [1.165, 1.54) is 6.07 Å². The molecule has 0 radical (unpaired) electrons. The number of benzene rings is 1. The molecule has 2 aliphatic rings. The maximum atomic E-state index is 13.5. The van der Waals surface area contributed by atoms with E-state index in [-0.39, 0.29) is 29.7 Å². The highest BCUT2D eigenvalue weighted by Gasteiger charge is 2.38. The summed E-state index contributed by atoms with van der Waals surface area (Å²) in [5.74, 6) is -0.205. The Morgan fingerprint density at radius 3 is 2.56 bits per heavy atom. The van der Waals surface area contributed by atoms with Crippen LogP contribution in [0.2, 0.25) is 0 Å². The van der Waals surface area contributed by atoms with Crippen LogP contribution in [0.3, 0.4) is 0 Å². The summed E-state index contributed by atoms with van der Waals surface area (Å²) >= 11 is 0. The smallest absolute Gasteiger partial charge is 0.166 e. The molecule has 2 saturated heterocycles. The Morgan fingerprint density at radius 1 is 1.28 bits per heavy atom. The quantitative estimate of drug-likeness (QED) is 0.751. The van der Waals surface area contributed by atoms with Gasteiger partial charge < -0.3 is 4.74 Å². The Bertz CT molecular complexity index is 471. The summed E-state index contributed by atoms with van der Waals surface area (Å²) in [6.45, 7) is 1.71. The van der Waals surface area contributed by atoms with Gasteiger partial charge in [-0.25, -0.2) is 4.39 Å². The van der Waals surface area contributed by atoms with Gasteiger partial charge in [0.1, 0.15) is 5.82 Å². The molecule has 2 nitrogen and oxygen atoms in total. The van der Waals surface area contributed by atoms with Crippen LogP contribution in [0.4, 0.5) is 4.39 Å². The first kappa shape index (κ1) is 11.8. The third kappa shape index (κ3) is 2.07. The fourth-order valence-corrected chi connectivity index (χ4v) is 3.05.